The van der Waals surface area contributed by atoms with E-state index in [2.05, 4.69) is 36.3 Å². The third-order valence-corrected chi connectivity index (χ3v) is 3.04. The number of rotatable bonds is 4. The van der Waals surface area contributed by atoms with E-state index in [1.165, 1.54) is 0 Å². The lowest BCUT2D eigenvalue weighted by Crippen LogP contribution is -1.92. The second kappa shape index (κ2) is 5.00. The molecule has 0 unspecified atom stereocenters. The summed E-state index contributed by atoms with van der Waals surface area (Å²) in [5.41, 5.74) is 2.03. The molecule has 0 fully saturated rings. The van der Waals surface area contributed by atoms with Gasteiger partial charge in [-0.2, -0.15) is 10.1 Å². The number of H-pyrrole nitrogens is 1. The summed E-state index contributed by atoms with van der Waals surface area (Å²) < 4.78 is 11.2. The Bertz CT molecular complexity index is 685. The number of aromatic amines is 1. The van der Waals surface area contributed by atoms with E-state index in [1.54, 1.807) is 12.1 Å². The van der Waals surface area contributed by atoms with Crippen molar-refractivity contribution < 1.29 is 8.94 Å². The van der Waals surface area contributed by atoms with Crippen molar-refractivity contribution in [2.75, 3.05) is 0 Å². The number of nitrogens with one attached hydrogen (secondary N) is 1. The van der Waals surface area contributed by atoms with Crippen LogP contribution in [0.1, 0.15) is 17.3 Å². The number of furan rings is 1. The number of aromatic nitrogens is 4. The molecule has 0 bridgehead atoms. The summed E-state index contributed by atoms with van der Waals surface area (Å²) in [4.78, 5) is 4.29. The number of halogens is 1. The molecule has 0 amide bonds. The summed E-state index contributed by atoms with van der Waals surface area (Å²) in [6, 6.07) is 5.58. The van der Waals surface area contributed by atoms with Crippen LogP contribution in [0.2, 0.25) is 0 Å². The minimum atomic E-state index is 0.457. The van der Waals surface area contributed by atoms with Gasteiger partial charge in [0.2, 0.25) is 11.7 Å². The highest BCUT2D eigenvalue weighted by Crippen LogP contribution is 2.22. The maximum Gasteiger partial charge on any atom is 0.238 e. The van der Waals surface area contributed by atoms with Crippen LogP contribution in [0, 0.1) is 6.92 Å². The lowest BCUT2D eigenvalue weighted by atomic mass is 10.2. The molecule has 0 atom stereocenters. The lowest BCUT2D eigenvalue weighted by Gasteiger charge is -1.90. The van der Waals surface area contributed by atoms with E-state index in [1.807, 2.05) is 13.0 Å². The Labute approximate surface area is 117 Å². The van der Waals surface area contributed by atoms with Crippen molar-refractivity contribution in [2.24, 2.45) is 0 Å². The first-order valence-corrected chi connectivity index (χ1v) is 6.59. The van der Waals surface area contributed by atoms with Crippen LogP contribution >= 0.6 is 15.9 Å². The topological polar surface area (TPSA) is 80.7 Å². The summed E-state index contributed by atoms with van der Waals surface area (Å²) in [5, 5.41) is 10.9. The van der Waals surface area contributed by atoms with Gasteiger partial charge >= 0.3 is 0 Å². The first-order chi connectivity index (χ1) is 9.20. The molecule has 3 heterocycles. The molecular weight excluding hydrogens is 312 g/mol. The highest BCUT2D eigenvalue weighted by molar-refractivity contribution is 9.10. The molecule has 3 aromatic rings. The monoisotopic (exact) mass is 322 g/mol. The normalized spacial score (nSPS) is 11.1. The Kier molecular flexibility index (Phi) is 3.20. The van der Waals surface area contributed by atoms with Crippen LogP contribution in [-0.4, -0.2) is 20.3 Å². The van der Waals surface area contributed by atoms with Crippen LogP contribution in [0.3, 0.4) is 0 Å². The second-order valence-electron chi connectivity index (χ2n) is 4.16. The molecular formula is C12H11BrN4O2. The van der Waals surface area contributed by atoms with Gasteiger partial charge < -0.3 is 8.94 Å². The highest BCUT2D eigenvalue weighted by Gasteiger charge is 2.12. The molecule has 3 rings (SSSR count). The third-order valence-electron chi connectivity index (χ3n) is 2.62. The molecule has 7 heteroatoms. The summed E-state index contributed by atoms with van der Waals surface area (Å²) >= 11 is 3.24. The Hall–Kier alpha value is -1.89. The van der Waals surface area contributed by atoms with E-state index in [0.717, 1.165) is 17.8 Å². The van der Waals surface area contributed by atoms with Crippen molar-refractivity contribution >= 4 is 15.9 Å². The van der Waals surface area contributed by atoms with Crippen molar-refractivity contribution in [3.63, 3.8) is 0 Å². The van der Waals surface area contributed by atoms with Gasteiger partial charge in [-0.15, -0.1) is 0 Å². The average Bonchev–Trinajstić information content (AvgIpc) is 3.07. The van der Waals surface area contributed by atoms with Crippen molar-refractivity contribution in [3.8, 4) is 11.6 Å². The predicted octanol–water partition coefficient (Wildman–Crippen LogP) is 2.91. The summed E-state index contributed by atoms with van der Waals surface area (Å²) in [6.45, 7) is 1.97. The van der Waals surface area contributed by atoms with Crippen molar-refractivity contribution in [1.82, 2.24) is 20.3 Å². The SMILES string of the molecule is Cc1cc(CCc2nc(-c3ccc(Br)o3)no2)n[nH]1. The van der Waals surface area contributed by atoms with Gasteiger partial charge in [0.05, 0.1) is 5.69 Å². The van der Waals surface area contributed by atoms with E-state index in [0.29, 0.717) is 28.6 Å². The Morgan fingerprint density at radius 2 is 2.21 bits per heavy atom. The predicted molar refractivity (Wildman–Crippen MR) is 70.4 cm³/mol. The molecule has 0 aliphatic heterocycles. The standard InChI is InChI=1S/C12H11BrN4O2/c1-7-6-8(16-15-7)2-5-11-14-12(17-19-11)9-3-4-10(13)18-9/h3-4,6H,2,5H2,1H3,(H,15,16). The fraction of sp³-hybridized carbons (Fsp3) is 0.250. The van der Waals surface area contributed by atoms with Gasteiger partial charge in [0.25, 0.3) is 0 Å². The molecule has 0 aromatic carbocycles. The van der Waals surface area contributed by atoms with E-state index in [4.69, 9.17) is 8.94 Å². The first-order valence-electron chi connectivity index (χ1n) is 5.80. The number of hydrogen-bond acceptors (Lipinski definition) is 5. The molecule has 1 N–H and O–H groups in total. The second-order valence-corrected chi connectivity index (χ2v) is 4.94. The summed E-state index contributed by atoms with van der Waals surface area (Å²) in [5.74, 6) is 1.61. The van der Waals surface area contributed by atoms with E-state index in [-0.39, 0.29) is 0 Å². The van der Waals surface area contributed by atoms with Gasteiger partial charge in [0, 0.05) is 18.5 Å². The van der Waals surface area contributed by atoms with E-state index < -0.39 is 0 Å². The van der Waals surface area contributed by atoms with Gasteiger partial charge in [0.15, 0.2) is 10.4 Å². The molecule has 0 radical (unpaired) electrons. The van der Waals surface area contributed by atoms with Crippen LogP contribution in [0.15, 0.2) is 31.8 Å². The smallest absolute Gasteiger partial charge is 0.238 e. The maximum atomic E-state index is 5.36. The molecule has 0 aliphatic rings. The molecule has 98 valence electrons. The van der Waals surface area contributed by atoms with E-state index in [9.17, 15) is 0 Å². The number of hydrogen-bond donors (Lipinski definition) is 1. The fourth-order valence-corrected chi connectivity index (χ4v) is 2.04. The zero-order valence-electron chi connectivity index (χ0n) is 10.2. The lowest BCUT2D eigenvalue weighted by molar-refractivity contribution is 0.377. The van der Waals surface area contributed by atoms with E-state index >= 15 is 0 Å². The fourth-order valence-electron chi connectivity index (χ4n) is 1.73. The molecule has 6 nitrogen and oxygen atoms in total. The van der Waals surface area contributed by atoms with Crippen molar-refractivity contribution in [3.05, 3.63) is 40.1 Å². The largest absolute Gasteiger partial charge is 0.446 e. The van der Waals surface area contributed by atoms with Gasteiger partial charge in [-0.25, -0.2) is 0 Å². The molecule has 0 aliphatic carbocycles. The Morgan fingerprint density at radius 1 is 1.32 bits per heavy atom. The maximum absolute atomic E-state index is 5.36. The Morgan fingerprint density at radius 3 is 2.89 bits per heavy atom. The zero-order valence-corrected chi connectivity index (χ0v) is 11.8. The molecule has 3 aromatic heterocycles. The quantitative estimate of drug-likeness (QED) is 0.798. The highest BCUT2D eigenvalue weighted by atomic mass is 79.9. The third kappa shape index (κ3) is 2.76. The van der Waals surface area contributed by atoms with Crippen molar-refractivity contribution in [2.45, 2.75) is 19.8 Å². The van der Waals surface area contributed by atoms with Gasteiger partial charge in [0.1, 0.15) is 0 Å². The number of nitrogens with zero attached hydrogens (tertiary/aromatic N) is 3. The molecule has 0 saturated heterocycles. The van der Waals surface area contributed by atoms with Gasteiger partial charge in [-0.3, -0.25) is 5.10 Å². The van der Waals surface area contributed by atoms with Crippen LogP contribution < -0.4 is 0 Å². The number of aryl methyl sites for hydroxylation is 3. The molecule has 0 saturated carbocycles. The van der Waals surface area contributed by atoms with Crippen LogP contribution in [0.4, 0.5) is 0 Å². The summed E-state index contributed by atoms with van der Waals surface area (Å²) in [7, 11) is 0. The van der Waals surface area contributed by atoms with Crippen LogP contribution in [0.5, 0.6) is 0 Å². The summed E-state index contributed by atoms with van der Waals surface area (Å²) in [6.07, 6.45) is 1.41. The van der Waals surface area contributed by atoms with Crippen LogP contribution in [0.25, 0.3) is 11.6 Å². The van der Waals surface area contributed by atoms with Crippen LogP contribution in [-0.2, 0) is 12.8 Å². The first kappa shape index (κ1) is 12.2. The van der Waals surface area contributed by atoms with Crippen molar-refractivity contribution in [1.29, 1.82) is 0 Å². The average molecular weight is 323 g/mol. The van der Waals surface area contributed by atoms with Gasteiger partial charge in [-0.1, -0.05) is 5.16 Å². The molecule has 0 spiro atoms. The van der Waals surface area contributed by atoms with Gasteiger partial charge in [-0.05, 0) is 41.1 Å². The minimum Gasteiger partial charge on any atom is -0.446 e. The zero-order chi connectivity index (χ0) is 13.2. The minimum absolute atomic E-state index is 0.457. The Balaban J connectivity index is 1.68. The molecule has 19 heavy (non-hydrogen) atoms.